The van der Waals surface area contributed by atoms with Gasteiger partial charge in [-0.1, -0.05) is 0 Å². The van der Waals surface area contributed by atoms with Gasteiger partial charge in [-0.05, 0) is 36.8 Å². The summed E-state index contributed by atoms with van der Waals surface area (Å²) in [6.07, 6.45) is 6.26. The summed E-state index contributed by atoms with van der Waals surface area (Å²) in [4.78, 5) is 4.25. The predicted octanol–water partition coefficient (Wildman–Crippen LogP) is 1.80. The van der Waals surface area contributed by atoms with E-state index in [1.807, 2.05) is 12.1 Å². The molecule has 112 valence electrons. The van der Waals surface area contributed by atoms with Crippen LogP contribution in [0.25, 0.3) is 0 Å². The van der Waals surface area contributed by atoms with E-state index in [2.05, 4.69) is 15.6 Å². The van der Waals surface area contributed by atoms with Crippen LogP contribution in [0.2, 0.25) is 0 Å². The number of methoxy groups -OCH3 is 1. The van der Waals surface area contributed by atoms with Gasteiger partial charge in [-0.25, -0.2) is 0 Å². The highest BCUT2D eigenvalue weighted by Crippen LogP contribution is 2.48. The maximum absolute atomic E-state index is 5.30. The van der Waals surface area contributed by atoms with Crippen molar-refractivity contribution in [3.8, 4) is 0 Å². The SMILES string of the molecule is CN=C(NCCc1ccco1)NCC1(CCOC)CC1. The van der Waals surface area contributed by atoms with Crippen LogP contribution in [0.3, 0.4) is 0 Å². The van der Waals surface area contributed by atoms with Crippen LogP contribution < -0.4 is 10.6 Å². The van der Waals surface area contributed by atoms with Crippen LogP contribution in [-0.4, -0.2) is 39.8 Å². The quantitative estimate of drug-likeness (QED) is 0.563. The van der Waals surface area contributed by atoms with E-state index in [1.165, 1.54) is 12.8 Å². The molecule has 0 saturated heterocycles. The summed E-state index contributed by atoms with van der Waals surface area (Å²) < 4.78 is 10.5. The van der Waals surface area contributed by atoms with Crippen LogP contribution in [0.5, 0.6) is 0 Å². The van der Waals surface area contributed by atoms with Crippen molar-refractivity contribution in [3.63, 3.8) is 0 Å². The molecule has 0 spiro atoms. The Morgan fingerprint density at radius 2 is 2.30 bits per heavy atom. The fourth-order valence-corrected chi connectivity index (χ4v) is 2.26. The Morgan fingerprint density at radius 1 is 1.45 bits per heavy atom. The maximum Gasteiger partial charge on any atom is 0.191 e. The lowest BCUT2D eigenvalue weighted by Crippen LogP contribution is -2.41. The largest absolute Gasteiger partial charge is 0.469 e. The van der Waals surface area contributed by atoms with Gasteiger partial charge in [0.15, 0.2) is 5.96 Å². The molecule has 1 aromatic heterocycles. The second kappa shape index (κ2) is 7.33. The highest BCUT2D eigenvalue weighted by atomic mass is 16.5. The number of nitrogens with zero attached hydrogens (tertiary/aromatic N) is 1. The summed E-state index contributed by atoms with van der Waals surface area (Å²) in [5.41, 5.74) is 0.425. The molecular weight excluding hydrogens is 254 g/mol. The van der Waals surface area contributed by atoms with E-state index >= 15 is 0 Å². The number of ether oxygens (including phenoxy) is 1. The van der Waals surface area contributed by atoms with E-state index in [9.17, 15) is 0 Å². The number of rotatable bonds is 8. The standard InChI is InChI=1S/C15H25N3O2/c1-16-14(17-9-5-13-4-3-10-20-13)18-12-15(6-7-15)8-11-19-2/h3-4,10H,5-9,11-12H2,1-2H3,(H2,16,17,18). The Hall–Kier alpha value is -1.49. The third kappa shape index (κ3) is 4.56. The predicted molar refractivity (Wildman–Crippen MR) is 79.9 cm³/mol. The molecule has 0 aromatic carbocycles. The van der Waals surface area contributed by atoms with E-state index in [1.54, 1.807) is 20.4 Å². The van der Waals surface area contributed by atoms with Gasteiger partial charge >= 0.3 is 0 Å². The fourth-order valence-electron chi connectivity index (χ4n) is 2.26. The van der Waals surface area contributed by atoms with Crippen LogP contribution in [0, 0.1) is 5.41 Å². The summed E-state index contributed by atoms with van der Waals surface area (Å²) in [7, 11) is 3.57. The Labute approximate surface area is 120 Å². The van der Waals surface area contributed by atoms with E-state index < -0.39 is 0 Å². The zero-order chi connectivity index (χ0) is 14.3. The first-order chi connectivity index (χ1) is 9.78. The van der Waals surface area contributed by atoms with Gasteiger partial charge in [-0.2, -0.15) is 0 Å². The first-order valence-electron chi connectivity index (χ1n) is 7.24. The van der Waals surface area contributed by atoms with Crippen molar-refractivity contribution in [3.05, 3.63) is 24.2 Å². The third-order valence-corrected chi connectivity index (χ3v) is 3.89. The van der Waals surface area contributed by atoms with Gasteiger partial charge in [0.25, 0.3) is 0 Å². The summed E-state index contributed by atoms with van der Waals surface area (Å²) >= 11 is 0. The minimum absolute atomic E-state index is 0.425. The van der Waals surface area contributed by atoms with E-state index in [0.29, 0.717) is 5.41 Å². The summed E-state index contributed by atoms with van der Waals surface area (Å²) in [6.45, 7) is 2.63. The monoisotopic (exact) mass is 279 g/mol. The van der Waals surface area contributed by atoms with Gasteiger partial charge in [0.2, 0.25) is 0 Å². The van der Waals surface area contributed by atoms with Crippen LogP contribution in [0.4, 0.5) is 0 Å². The van der Waals surface area contributed by atoms with Crippen molar-refractivity contribution in [2.45, 2.75) is 25.7 Å². The molecule has 0 amide bonds. The van der Waals surface area contributed by atoms with E-state index in [0.717, 1.165) is 44.3 Å². The van der Waals surface area contributed by atoms with E-state index in [-0.39, 0.29) is 0 Å². The van der Waals surface area contributed by atoms with Crippen LogP contribution in [-0.2, 0) is 11.2 Å². The van der Waals surface area contributed by atoms with E-state index in [4.69, 9.17) is 9.15 Å². The zero-order valence-electron chi connectivity index (χ0n) is 12.4. The average Bonchev–Trinajstić information content (AvgIpc) is 3.05. The number of nitrogens with one attached hydrogen (secondary N) is 2. The molecule has 1 aliphatic carbocycles. The molecule has 5 nitrogen and oxygen atoms in total. The van der Waals surface area contributed by atoms with Crippen molar-refractivity contribution in [2.24, 2.45) is 10.4 Å². The zero-order valence-corrected chi connectivity index (χ0v) is 12.4. The molecule has 1 fully saturated rings. The second-order valence-electron chi connectivity index (χ2n) is 5.42. The molecule has 2 N–H and O–H groups in total. The van der Waals surface area contributed by atoms with Gasteiger partial charge < -0.3 is 19.8 Å². The van der Waals surface area contributed by atoms with Gasteiger partial charge in [0.1, 0.15) is 5.76 Å². The molecule has 1 aromatic rings. The van der Waals surface area contributed by atoms with Crippen molar-refractivity contribution in [1.82, 2.24) is 10.6 Å². The molecule has 0 radical (unpaired) electrons. The molecular formula is C15H25N3O2. The van der Waals surface area contributed by atoms with Crippen molar-refractivity contribution >= 4 is 5.96 Å². The van der Waals surface area contributed by atoms with Crippen LogP contribution in [0.1, 0.15) is 25.0 Å². The Kier molecular flexibility index (Phi) is 5.47. The smallest absolute Gasteiger partial charge is 0.191 e. The second-order valence-corrected chi connectivity index (χ2v) is 5.42. The Morgan fingerprint density at radius 3 is 2.90 bits per heavy atom. The molecule has 0 atom stereocenters. The van der Waals surface area contributed by atoms with Gasteiger partial charge in [-0.15, -0.1) is 0 Å². The van der Waals surface area contributed by atoms with Gasteiger partial charge in [0, 0.05) is 40.3 Å². The molecule has 0 unspecified atom stereocenters. The first kappa shape index (κ1) is 14.9. The molecule has 5 heteroatoms. The molecule has 1 aliphatic rings. The topological polar surface area (TPSA) is 58.8 Å². The number of guanidine groups is 1. The van der Waals surface area contributed by atoms with Crippen LogP contribution >= 0.6 is 0 Å². The summed E-state index contributed by atoms with van der Waals surface area (Å²) in [6, 6.07) is 3.90. The van der Waals surface area contributed by atoms with Crippen molar-refractivity contribution in [2.75, 3.05) is 33.9 Å². The average molecular weight is 279 g/mol. The Bertz CT molecular complexity index is 411. The highest BCUT2D eigenvalue weighted by Gasteiger charge is 2.41. The normalized spacial score (nSPS) is 17.0. The van der Waals surface area contributed by atoms with Crippen molar-refractivity contribution < 1.29 is 9.15 Å². The lowest BCUT2D eigenvalue weighted by molar-refractivity contribution is 0.172. The molecule has 2 rings (SSSR count). The number of hydrogen-bond acceptors (Lipinski definition) is 3. The maximum atomic E-state index is 5.30. The fraction of sp³-hybridized carbons (Fsp3) is 0.667. The van der Waals surface area contributed by atoms with Crippen LogP contribution in [0.15, 0.2) is 27.8 Å². The minimum Gasteiger partial charge on any atom is -0.469 e. The van der Waals surface area contributed by atoms with Gasteiger partial charge in [0.05, 0.1) is 6.26 Å². The molecule has 1 saturated carbocycles. The molecule has 0 aliphatic heterocycles. The lowest BCUT2D eigenvalue weighted by Gasteiger charge is -2.18. The highest BCUT2D eigenvalue weighted by molar-refractivity contribution is 5.79. The molecule has 20 heavy (non-hydrogen) atoms. The summed E-state index contributed by atoms with van der Waals surface area (Å²) in [5, 5.41) is 6.73. The number of furan rings is 1. The third-order valence-electron chi connectivity index (χ3n) is 3.89. The Balaban J connectivity index is 1.65. The van der Waals surface area contributed by atoms with Gasteiger partial charge in [-0.3, -0.25) is 4.99 Å². The first-order valence-corrected chi connectivity index (χ1v) is 7.24. The minimum atomic E-state index is 0.425. The summed E-state index contributed by atoms with van der Waals surface area (Å²) in [5.74, 6) is 1.85. The molecule has 0 bridgehead atoms. The number of hydrogen-bond donors (Lipinski definition) is 2. The lowest BCUT2D eigenvalue weighted by atomic mass is 10.0. The molecule has 1 heterocycles. The number of aliphatic imine (C=N–C) groups is 1. The van der Waals surface area contributed by atoms with Crippen molar-refractivity contribution in [1.29, 1.82) is 0 Å².